The van der Waals surface area contributed by atoms with E-state index in [1.54, 1.807) is 12.1 Å². The van der Waals surface area contributed by atoms with Gasteiger partial charge in [0.2, 0.25) is 5.91 Å². The molecule has 0 aliphatic carbocycles. The molecule has 1 aromatic carbocycles. The quantitative estimate of drug-likeness (QED) is 0.840. The Morgan fingerprint density at radius 1 is 1.50 bits per heavy atom. The number of carbonyl (C=O) groups excluding carboxylic acids is 1. The van der Waals surface area contributed by atoms with Crippen molar-refractivity contribution >= 4 is 12.0 Å². The van der Waals surface area contributed by atoms with Crippen molar-refractivity contribution < 1.29 is 9.90 Å². The maximum absolute atomic E-state index is 11.0. The van der Waals surface area contributed by atoms with Crippen LogP contribution in [0.2, 0.25) is 0 Å². The maximum atomic E-state index is 11.0. The summed E-state index contributed by atoms with van der Waals surface area (Å²) in [4.78, 5) is 11.0. The van der Waals surface area contributed by atoms with E-state index in [0.29, 0.717) is 5.75 Å². The molecule has 3 heteroatoms. The van der Waals surface area contributed by atoms with Crippen LogP contribution < -0.4 is 5.32 Å². The second kappa shape index (κ2) is 6.24. The fourth-order valence-electron chi connectivity index (χ4n) is 1.88. The molecule has 1 amide bonds. The lowest BCUT2D eigenvalue weighted by Gasteiger charge is -2.21. The minimum absolute atomic E-state index is 0.0292. The fourth-order valence-corrected chi connectivity index (χ4v) is 1.88. The molecule has 3 nitrogen and oxygen atoms in total. The van der Waals surface area contributed by atoms with Gasteiger partial charge in [-0.2, -0.15) is 0 Å². The molecular formula is C15H21NO2. The van der Waals surface area contributed by atoms with Gasteiger partial charge in [0.15, 0.2) is 0 Å². The van der Waals surface area contributed by atoms with E-state index in [0.717, 1.165) is 17.5 Å². The first-order valence-corrected chi connectivity index (χ1v) is 6.15. The van der Waals surface area contributed by atoms with Gasteiger partial charge >= 0.3 is 0 Å². The van der Waals surface area contributed by atoms with Gasteiger partial charge in [-0.1, -0.05) is 25.6 Å². The summed E-state index contributed by atoms with van der Waals surface area (Å²) >= 11 is 0. The Labute approximate surface area is 109 Å². The van der Waals surface area contributed by atoms with Crippen LogP contribution in [0.1, 0.15) is 31.9 Å². The Kier molecular flexibility index (Phi) is 4.95. The number of phenolic OH excluding ortho intramolecular Hbond substituents is 1. The van der Waals surface area contributed by atoms with Crippen LogP contribution in [0.5, 0.6) is 5.75 Å². The fraction of sp³-hybridized carbons (Fsp3) is 0.400. The smallest absolute Gasteiger partial charge is 0.217 e. The highest BCUT2D eigenvalue weighted by Crippen LogP contribution is 2.23. The summed E-state index contributed by atoms with van der Waals surface area (Å²) in [6.45, 7) is 9.26. The molecule has 0 aliphatic rings. The van der Waals surface area contributed by atoms with Crippen molar-refractivity contribution in [2.24, 2.45) is 5.92 Å². The lowest BCUT2D eigenvalue weighted by molar-refractivity contribution is -0.119. The number of nitrogens with one attached hydrogen (secondary N) is 1. The average molecular weight is 247 g/mol. The van der Waals surface area contributed by atoms with Crippen molar-refractivity contribution in [3.8, 4) is 5.75 Å². The zero-order valence-electron chi connectivity index (χ0n) is 11.2. The molecule has 1 aromatic rings. The first kappa shape index (κ1) is 14.3. The van der Waals surface area contributed by atoms with Gasteiger partial charge in [0.25, 0.3) is 0 Å². The monoisotopic (exact) mass is 247 g/mol. The summed E-state index contributed by atoms with van der Waals surface area (Å²) in [6.07, 6.45) is 2.47. The van der Waals surface area contributed by atoms with Crippen LogP contribution in [-0.4, -0.2) is 17.1 Å². The van der Waals surface area contributed by atoms with Crippen molar-refractivity contribution in [2.45, 2.75) is 33.2 Å². The topological polar surface area (TPSA) is 49.3 Å². The first-order valence-electron chi connectivity index (χ1n) is 6.15. The molecule has 0 saturated heterocycles. The van der Waals surface area contributed by atoms with Crippen molar-refractivity contribution in [3.63, 3.8) is 0 Å². The summed E-state index contributed by atoms with van der Waals surface area (Å²) < 4.78 is 0. The molecule has 0 aromatic heterocycles. The van der Waals surface area contributed by atoms with E-state index in [9.17, 15) is 9.90 Å². The minimum atomic E-state index is -0.0292. The van der Waals surface area contributed by atoms with Gasteiger partial charge in [0.1, 0.15) is 5.75 Å². The summed E-state index contributed by atoms with van der Waals surface area (Å²) in [6, 6.07) is 5.52. The summed E-state index contributed by atoms with van der Waals surface area (Å²) in [5, 5.41) is 12.7. The van der Waals surface area contributed by atoms with Crippen LogP contribution in [-0.2, 0) is 11.2 Å². The highest BCUT2D eigenvalue weighted by atomic mass is 16.3. The molecule has 1 rings (SSSR count). The Balaban J connectivity index is 2.77. The van der Waals surface area contributed by atoms with Crippen molar-refractivity contribution in [3.05, 3.63) is 35.9 Å². The molecular weight excluding hydrogens is 226 g/mol. The molecule has 0 radical (unpaired) electrons. The normalized spacial score (nSPS) is 13.7. The van der Waals surface area contributed by atoms with Crippen molar-refractivity contribution in [1.82, 2.24) is 5.32 Å². The zero-order valence-corrected chi connectivity index (χ0v) is 11.2. The molecule has 0 bridgehead atoms. The Bertz CT molecular complexity index is 440. The van der Waals surface area contributed by atoms with E-state index in [1.165, 1.54) is 6.92 Å². The van der Waals surface area contributed by atoms with Crippen LogP contribution in [0.25, 0.3) is 6.08 Å². The summed E-state index contributed by atoms with van der Waals surface area (Å²) in [5.41, 5.74) is 1.87. The van der Waals surface area contributed by atoms with Crippen LogP contribution >= 0.6 is 0 Å². The average Bonchev–Trinajstić information content (AvgIpc) is 2.31. The number of amides is 1. The number of carbonyl (C=O) groups is 1. The standard InChI is InChI=1S/C15H21NO2/c1-5-13-6-7-15(18)14(9-13)8-10(2)11(3)16-12(4)17/h5-7,9-11,18H,1,8H2,2-4H3,(H,16,17). The van der Waals surface area contributed by atoms with Crippen LogP contribution in [0, 0.1) is 5.92 Å². The Morgan fingerprint density at radius 2 is 2.17 bits per heavy atom. The zero-order chi connectivity index (χ0) is 13.7. The molecule has 98 valence electrons. The van der Waals surface area contributed by atoms with E-state index in [4.69, 9.17) is 0 Å². The number of hydrogen-bond donors (Lipinski definition) is 2. The molecule has 2 N–H and O–H groups in total. The Morgan fingerprint density at radius 3 is 2.72 bits per heavy atom. The van der Waals surface area contributed by atoms with Crippen LogP contribution in [0.3, 0.4) is 0 Å². The molecule has 0 fully saturated rings. The van der Waals surface area contributed by atoms with Crippen molar-refractivity contribution in [1.29, 1.82) is 0 Å². The number of phenols is 1. The number of benzene rings is 1. The van der Waals surface area contributed by atoms with Gasteiger partial charge in [-0.3, -0.25) is 4.79 Å². The number of rotatable bonds is 5. The highest BCUT2D eigenvalue weighted by Gasteiger charge is 2.15. The second-order valence-corrected chi connectivity index (χ2v) is 4.76. The molecule has 0 spiro atoms. The molecule has 18 heavy (non-hydrogen) atoms. The van der Waals surface area contributed by atoms with E-state index in [-0.39, 0.29) is 17.9 Å². The van der Waals surface area contributed by atoms with Gasteiger partial charge < -0.3 is 10.4 Å². The largest absolute Gasteiger partial charge is 0.508 e. The van der Waals surface area contributed by atoms with Gasteiger partial charge in [-0.15, -0.1) is 0 Å². The lowest BCUT2D eigenvalue weighted by atomic mass is 9.93. The minimum Gasteiger partial charge on any atom is -0.508 e. The van der Waals surface area contributed by atoms with Gasteiger partial charge in [0, 0.05) is 13.0 Å². The molecule has 2 atom stereocenters. The maximum Gasteiger partial charge on any atom is 0.217 e. The Hall–Kier alpha value is -1.77. The molecule has 2 unspecified atom stereocenters. The summed E-state index contributed by atoms with van der Waals surface area (Å²) in [7, 11) is 0. The third-order valence-corrected chi connectivity index (χ3v) is 3.17. The third kappa shape index (κ3) is 3.91. The number of aromatic hydroxyl groups is 1. The third-order valence-electron chi connectivity index (χ3n) is 3.17. The predicted octanol–water partition coefficient (Wildman–Crippen LogP) is 2.74. The summed E-state index contributed by atoms with van der Waals surface area (Å²) in [5.74, 6) is 0.515. The highest BCUT2D eigenvalue weighted by molar-refractivity contribution is 5.73. The van der Waals surface area contributed by atoms with Gasteiger partial charge in [-0.25, -0.2) is 0 Å². The molecule has 0 saturated carbocycles. The van der Waals surface area contributed by atoms with Crippen LogP contribution in [0.4, 0.5) is 0 Å². The first-order chi connectivity index (χ1) is 8.43. The van der Waals surface area contributed by atoms with Crippen LogP contribution in [0.15, 0.2) is 24.8 Å². The molecule has 0 aliphatic heterocycles. The van der Waals surface area contributed by atoms with Gasteiger partial charge in [0.05, 0.1) is 0 Å². The van der Waals surface area contributed by atoms with Gasteiger partial charge in [-0.05, 0) is 42.5 Å². The van der Waals surface area contributed by atoms with E-state index < -0.39 is 0 Å². The van der Waals surface area contributed by atoms with Crippen molar-refractivity contribution in [2.75, 3.05) is 0 Å². The van der Waals surface area contributed by atoms with E-state index >= 15 is 0 Å². The second-order valence-electron chi connectivity index (χ2n) is 4.76. The van der Waals surface area contributed by atoms with E-state index in [1.807, 2.05) is 19.1 Å². The molecule has 0 heterocycles. The predicted molar refractivity (Wildman–Crippen MR) is 74.3 cm³/mol. The lowest BCUT2D eigenvalue weighted by Crippen LogP contribution is -2.36. The van der Waals surface area contributed by atoms with E-state index in [2.05, 4.69) is 18.8 Å². The SMILES string of the molecule is C=Cc1ccc(O)c(CC(C)C(C)NC(C)=O)c1. The number of hydrogen-bond acceptors (Lipinski definition) is 2.